The van der Waals surface area contributed by atoms with Crippen molar-refractivity contribution >= 4 is 23.0 Å². The van der Waals surface area contributed by atoms with E-state index < -0.39 is 0 Å². The molecule has 0 spiro atoms. The lowest BCUT2D eigenvalue weighted by molar-refractivity contribution is 0.736. The molecule has 0 aliphatic rings. The highest BCUT2D eigenvalue weighted by atomic mass is 32.1. The monoisotopic (exact) mass is 249 g/mol. The van der Waals surface area contributed by atoms with Crippen LogP contribution in [-0.4, -0.2) is 15.0 Å². The molecule has 2 aromatic heterocycles. The maximum Gasteiger partial charge on any atom is 0.132 e. The molecular weight excluding hydrogens is 234 g/mol. The van der Waals surface area contributed by atoms with Crippen LogP contribution in [0, 0.1) is 6.92 Å². The van der Waals surface area contributed by atoms with E-state index in [4.69, 9.17) is 5.73 Å². The fraction of sp³-hybridized carbons (Fsp3) is 0.364. The first kappa shape index (κ1) is 11.8. The Morgan fingerprint density at radius 2 is 2.29 bits per heavy atom. The van der Waals surface area contributed by atoms with Gasteiger partial charge in [0.2, 0.25) is 0 Å². The van der Waals surface area contributed by atoms with Crippen LogP contribution in [0.15, 0.2) is 17.6 Å². The smallest absolute Gasteiger partial charge is 0.132 e. The zero-order chi connectivity index (χ0) is 12.3. The topological polar surface area (TPSA) is 76.7 Å². The van der Waals surface area contributed by atoms with Crippen molar-refractivity contribution in [2.75, 3.05) is 11.1 Å². The maximum atomic E-state index is 5.69. The molecule has 0 aliphatic heterocycles. The number of aromatic nitrogens is 3. The molecule has 0 aromatic carbocycles. The van der Waals surface area contributed by atoms with E-state index in [1.165, 1.54) is 0 Å². The third-order valence-corrected chi connectivity index (χ3v) is 3.23. The number of aryl methyl sites for hydroxylation is 1. The first-order valence-corrected chi connectivity index (χ1v) is 6.34. The number of nitrogen functional groups attached to an aromatic ring is 1. The van der Waals surface area contributed by atoms with E-state index in [-0.39, 0.29) is 6.04 Å². The van der Waals surface area contributed by atoms with E-state index in [0.29, 0.717) is 11.6 Å². The highest BCUT2D eigenvalue weighted by molar-refractivity contribution is 7.09. The number of hydrogen-bond donors (Lipinski definition) is 2. The fourth-order valence-electron chi connectivity index (χ4n) is 1.59. The van der Waals surface area contributed by atoms with Gasteiger partial charge < -0.3 is 11.1 Å². The molecule has 17 heavy (non-hydrogen) atoms. The standard InChI is InChI=1S/C11H15N5S/c1-3-8(11-13-4-5-17-11)16-10-6-9(12)14-7(2)15-10/h4-6,8H,3H2,1-2H3,(H3,12,14,15,16). The van der Waals surface area contributed by atoms with Crippen molar-refractivity contribution in [1.82, 2.24) is 15.0 Å². The van der Waals surface area contributed by atoms with Crippen LogP contribution >= 0.6 is 11.3 Å². The van der Waals surface area contributed by atoms with Gasteiger partial charge in [0, 0.05) is 17.6 Å². The summed E-state index contributed by atoms with van der Waals surface area (Å²) in [5.74, 6) is 1.90. The summed E-state index contributed by atoms with van der Waals surface area (Å²) in [6, 6.07) is 1.91. The minimum absolute atomic E-state index is 0.170. The summed E-state index contributed by atoms with van der Waals surface area (Å²) in [5.41, 5.74) is 5.69. The average molecular weight is 249 g/mol. The lowest BCUT2D eigenvalue weighted by atomic mass is 10.2. The van der Waals surface area contributed by atoms with E-state index in [9.17, 15) is 0 Å². The van der Waals surface area contributed by atoms with Crippen LogP contribution in [0.1, 0.15) is 30.2 Å². The Hall–Kier alpha value is -1.69. The Labute approximate surface area is 104 Å². The molecule has 2 heterocycles. The Bertz CT molecular complexity index is 462. The van der Waals surface area contributed by atoms with Crippen molar-refractivity contribution in [3.63, 3.8) is 0 Å². The molecule has 6 heteroatoms. The maximum absolute atomic E-state index is 5.69. The lowest BCUT2D eigenvalue weighted by Gasteiger charge is -2.15. The molecule has 0 fully saturated rings. The minimum Gasteiger partial charge on any atom is -0.384 e. The highest BCUT2D eigenvalue weighted by Gasteiger charge is 2.12. The van der Waals surface area contributed by atoms with Gasteiger partial charge >= 0.3 is 0 Å². The molecule has 0 bridgehead atoms. The van der Waals surface area contributed by atoms with E-state index in [1.807, 2.05) is 18.5 Å². The van der Waals surface area contributed by atoms with Crippen LogP contribution in [0.25, 0.3) is 0 Å². The number of nitrogens with two attached hydrogens (primary N) is 1. The predicted octanol–water partition coefficient (Wildman–Crippen LogP) is 2.39. The molecular formula is C11H15N5S. The normalized spacial score (nSPS) is 12.4. The molecule has 1 unspecified atom stereocenters. The van der Waals surface area contributed by atoms with Crippen molar-refractivity contribution in [1.29, 1.82) is 0 Å². The van der Waals surface area contributed by atoms with Crippen LogP contribution in [0.3, 0.4) is 0 Å². The number of anilines is 2. The molecule has 0 saturated carbocycles. The molecule has 0 amide bonds. The van der Waals surface area contributed by atoms with Gasteiger partial charge in [-0.2, -0.15) is 0 Å². The zero-order valence-electron chi connectivity index (χ0n) is 9.84. The van der Waals surface area contributed by atoms with Gasteiger partial charge in [-0.25, -0.2) is 15.0 Å². The summed E-state index contributed by atoms with van der Waals surface area (Å²) in [6.45, 7) is 3.93. The van der Waals surface area contributed by atoms with Crippen molar-refractivity contribution in [2.45, 2.75) is 26.3 Å². The number of nitrogens with zero attached hydrogens (tertiary/aromatic N) is 3. The molecule has 90 valence electrons. The SMILES string of the molecule is CCC(Nc1cc(N)nc(C)n1)c1nccs1. The van der Waals surface area contributed by atoms with Crippen molar-refractivity contribution in [3.8, 4) is 0 Å². The minimum atomic E-state index is 0.170. The lowest BCUT2D eigenvalue weighted by Crippen LogP contribution is -2.11. The molecule has 2 aromatic rings. The van der Waals surface area contributed by atoms with Gasteiger partial charge in [0.25, 0.3) is 0 Å². The van der Waals surface area contributed by atoms with Crippen molar-refractivity contribution in [3.05, 3.63) is 28.5 Å². The first-order chi connectivity index (χ1) is 8.19. The van der Waals surface area contributed by atoms with Crippen molar-refractivity contribution < 1.29 is 0 Å². The van der Waals surface area contributed by atoms with Crippen LogP contribution in [0.2, 0.25) is 0 Å². The fourth-order valence-corrected chi connectivity index (χ4v) is 2.36. The van der Waals surface area contributed by atoms with Crippen LogP contribution in [0.5, 0.6) is 0 Å². The summed E-state index contributed by atoms with van der Waals surface area (Å²) in [7, 11) is 0. The van der Waals surface area contributed by atoms with Gasteiger partial charge in [-0.3, -0.25) is 0 Å². The van der Waals surface area contributed by atoms with Crippen molar-refractivity contribution in [2.24, 2.45) is 0 Å². The Kier molecular flexibility index (Phi) is 3.53. The molecule has 5 nitrogen and oxygen atoms in total. The molecule has 2 rings (SSSR count). The van der Waals surface area contributed by atoms with Gasteiger partial charge in [0.1, 0.15) is 22.5 Å². The molecule has 0 radical (unpaired) electrons. The predicted molar refractivity (Wildman–Crippen MR) is 70.0 cm³/mol. The number of nitrogens with one attached hydrogen (secondary N) is 1. The average Bonchev–Trinajstić information content (AvgIpc) is 2.77. The quantitative estimate of drug-likeness (QED) is 0.870. The number of thiazole rings is 1. The number of hydrogen-bond acceptors (Lipinski definition) is 6. The van der Waals surface area contributed by atoms with E-state index >= 15 is 0 Å². The molecule has 1 atom stereocenters. The molecule has 3 N–H and O–H groups in total. The first-order valence-electron chi connectivity index (χ1n) is 5.46. The van der Waals surface area contributed by atoms with E-state index in [2.05, 4.69) is 27.2 Å². The third-order valence-electron chi connectivity index (χ3n) is 2.34. The number of rotatable bonds is 4. The third kappa shape index (κ3) is 2.91. The van der Waals surface area contributed by atoms with E-state index in [1.54, 1.807) is 17.4 Å². The van der Waals surface area contributed by atoms with Gasteiger partial charge in [-0.05, 0) is 13.3 Å². The Morgan fingerprint density at radius 1 is 1.47 bits per heavy atom. The zero-order valence-corrected chi connectivity index (χ0v) is 10.7. The summed E-state index contributed by atoms with van der Waals surface area (Å²) in [6.07, 6.45) is 2.75. The van der Waals surface area contributed by atoms with Crippen LogP contribution in [0.4, 0.5) is 11.6 Å². The highest BCUT2D eigenvalue weighted by Crippen LogP contribution is 2.23. The Balaban J connectivity index is 2.18. The molecule has 0 saturated heterocycles. The second-order valence-corrected chi connectivity index (χ2v) is 4.63. The van der Waals surface area contributed by atoms with Gasteiger partial charge in [0.15, 0.2) is 0 Å². The van der Waals surface area contributed by atoms with Gasteiger partial charge in [0.05, 0.1) is 6.04 Å². The van der Waals surface area contributed by atoms with Crippen LogP contribution < -0.4 is 11.1 Å². The summed E-state index contributed by atoms with van der Waals surface area (Å²) >= 11 is 1.63. The van der Waals surface area contributed by atoms with Gasteiger partial charge in [-0.1, -0.05) is 6.92 Å². The Morgan fingerprint density at radius 3 is 2.88 bits per heavy atom. The van der Waals surface area contributed by atoms with Gasteiger partial charge in [-0.15, -0.1) is 11.3 Å². The van der Waals surface area contributed by atoms with Crippen LogP contribution in [-0.2, 0) is 0 Å². The molecule has 0 aliphatic carbocycles. The summed E-state index contributed by atoms with van der Waals surface area (Å²) < 4.78 is 0. The van der Waals surface area contributed by atoms with E-state index in [0.717, 1.165) is 17.2 Å². The largest absolute Gasteiger partial charge is 0.384 e. The second kappa shape index (κ2) is 5.09. The second-order valence-electron chi connectivity index (χ2n) is 3.70. The summed E-state index contributed by atoms with van der Waals surface area (Å²) in [4.78, 5) is 12.7. The summed E-state index contributed by atoms with van der Waals surface area (Å²) in [5, 5.41) is 6.36.